The van der Waals surface area contributed by atoms with Gasteiger partial charge in [-0.25, -0.2) is 4.98 Å². The van der Waals surface area contributed by atoms with Crippen LogP contribution in [-0.4, -0.2) is 51.5 Å². The summed E-state index contributed by atoms with van der Waals surface area (Å²) in [6.07, 6.45) is 0.211. The van der Waals surface area contributed by atoms with Crippen LogP contribution in [0, 0.1) is 0 Å². The van der Waals surface area contributed by atoms with E-state index in [1.165, 1.54) is 18.0 Å². The predicted octanol–water partition coefficient (Wildman–Crippen LogP) is 2.32. The third kappa shape index (κ3) is 3.19. The molecule has 2 aliphatic heterocycles. The summed E-state index contributed by atoms with van der Waals surface area (Å²) in [5.41, 5.74) is 15.8. The molecule has 1 unspecified atom stereocenters. The van der Waals surface area contributed by atoms with Crippen molar-refractivity contribution in [2.24, 2.45) is 5.11 Å². The van der Waals surface area contributed by atoms with E-state index < -0.39 is 20.8 Å². The van der Waals surface area contributed by atoms with Crippen molar-refractivity contribution in [3.8, 4) is 5.88 Å². The summed E-state index contributed by atoms with van der Waals surface area (Å²) >= 11 is 0. The number of methoxy groups -OCH3 is 1. The average Bonchev–Trinajstić information content (AvgIpc) is 3.22. The van der Waals surface area contributed by atoms with Gasteiger partial charge in [0.15, 0.2) is 17.3 Å². The molecule has 1 fully saturated rings. The van der Waals surface area contributed by atoms with Crippen LogP contribution < -0.4 is 10.5 Å². The van der Waals surface area contributed by atoms with Crippen molar-refractivity contribution < 1.29 is 23.0 Å². The zero-order chi connectivity index (χ0) is 19.8. The number of rotatable bonds is 5. The quantitative estimate of drug-likeness (QED) is 0.338. The second-order valence-electron chi connectivity index (χ2n) is 6.11. The van der Waals surface area contributed by atoms with E-state index >= 15 is 0 Å². The topological polar surface area (TPSA) is 165 Å². The SMILES string of the molecule is COc1nc(N)nc2c1ncn2C1=C(N=[N+]=[N-])[C@@H]2OP(OC(C)C)OC[C@H]2O1. The number of hydrogen-bond acceptors (Lipinski definition) is 10. The normalized spacial score (nSPS) is 24.2. The molecule has 2 aromatic heterocycles. The van der Waals surface area contributed by atoms with Gasteiger partial charge in [-0.05, 0) is 19.4 Å². The number of aromatic nitrogens is 4. The highest BCUT2D eigenvalue weighted by Crippen LogP contribution is 2.51. The first-order valence-corrected chi connectivity index (χ1v) is 9.38. The van der Waals surface area contributed by atoms with E-state index in [1.807, 2.05) is 13.8 Å². The van der Waals surface area contributed by atoms with Gasteiger partial charge in [-0.1, -0.05) is 5.11 Å². The summed E-state index contributed by atoms with van der Waals surface area (Å²) in [6, 6.07) is 0. The van der Waals surface area contributed by atoms with Gasteiger partial charge in [-0.2, -0.15) is 9.97 Å². The molecule has 3 atom stereocenters. The van der Waals surface area contributed by atoms with E-state index in [-0.39, 0.29) is 36.1 Å². The smallest absolute Gasteiger partial charge is 0.333 e. The molecule has 4 heterocycles. The second-order valence-corrected chi connectivity index (χ2v) is 7.24. The van der Waals surface area contributed by atoms with Crippen LogP contribution in [0.25, 0.3) is 27.5 Å². The van der Waals surface area contributed by atoms with Gasteiger partial charge >= 0.3 is 8.60 Å². The van der Waals surface area contributed by atoms with E-state index in [4.69, 9.17) is 34.3 Å². The summed E-state index contributed by atoms with van der Waals surface area (Å²) in [5.74, 6) is 0.442. The number of nitrogens with zero attached hydrogens (tertiary/aromatic N) is 7. The van der Waals surface area contributed by atoms with Gasteiger partial charge in [-0.15, -0.1) is 0 Å². The van der Waals surface area contributed by atoms with Gasteiger partial charge in [0, 0.05) is 4.91 Å². The van der Waals surface area contributed by atoms with Crippen molar-refractivity contribution in [3.63, 3.8) is 0 Å². The van der Waals surface area contributed by atoms with Gasteiger partial charge in [0.1, 0.15) is 18.1 Å². The lowest BCUT2D eigenvalue weighted by atomic mass is 10.2. The molecule has 28 heavy (non-hydrogen) atoms. The molecule has 0 saturated carbocycles. The van der Waals surface area contributed by atoms with Crippen molar-refractivity contribution in [1.29, 1.82) is 0 Å². The molecule has 13 nitrogen and oxygen atoms in total. The number of nitrogen functional groups attached to an aromatic ring is 1. The molecule has 4 rings (SSSR count). The number of hydrogen-bond donors (Lipinski definition) is 1. The maximum atomic E-state index is 9.05. The minimum atomic E-state index is -1.59. The highest BCUT2D eigenvalue weighted by atomic mass is 31.2. The van der Waals surface area contributed by atoms with Crippen LogP contribution in [0.1, 0.15) is 13.8 Å². The predicted molar refractivity (Wildman–Crippen MR) is 97.5 cm³/mol. The van der Waals surface area contributed by atoms with Crippen molar-refractivity contribution in [2.45, 2.75) is 32.2 Å². The molecule has 0 aromatic carbocycles. The number of fused-ring (bicyclic) bond motifs is 2. The molecule has 14 heteroatoms. The van der Waals surface area contributed by atoms with Crippen molar-refractivity contribution >= 4 is 31.6 Å². The van der Waals surface area contributed by atoms with E-state index in [0.717, 1.165) is 0 Å². The van der Waals surface area contributed by atoms with Crippen LogP contribution in [0.4, 0.5) is 5.95 Å². The van der Waals surface area contributed by atoms with Crippen LogP contribution in [0.5, 0.6) is 5.88 Å². The van der Waals surface area contributed by atoms with E-state index in [9.17, 15) is 0 Å². The van der Waals surface area contributed by atoms with E-state index in [1.54, 1.807) is 0 Å². The second kappa shape index (κ2) is 7.38. The third-order valence-electron chi connectivity index (χ3n) is 3.88. The molecule has 2 N–H and O–H groups in total. The van der Waals surface area contributed by atoms with Crippen LogP contribution in [0.3, 0.4) is 0 Å². The molecule has 0 bridgehead atoms. The van der Waals surface area contributed by atoms with Crippen LogP contribution in [0.2, 0.25) is 0 Å². The highest BCUT2D eigenvalue weighted by molar-refractivity contribution is 7.41. The summed E-state index contributed by atoms with van der Waals surface area (Å²) in [5, 5.41) is 3.79. The first kappa shape index (κ1) is 18.7. The number of imidazole rings is 1. The van der Waals surface area contributed by atoms with Crippen molar-refractivity contribution in [2.75, 3.05) is 19.5 Å². The Balaban J connectivity index is 1.78. The number of ether oxygens (including phenoxy) is 2. The van der Waals surface area contributed by atoms with Gasteiger partial charge in [-0.3, -0.25) is 9.09 Å². The Kier molecular flexibility index (Phi) is 4.92. The molecule has 148 valence electrons. The Morgan fingerprint density at radius 2 is 2.29 bits per heavy atom. The lowest BCUT2D eigenvalue weighted by Gasteiger charge is -2.30. The molecule has 2 aliphatic rings. The van der Waals surface area contributed by atoms with E-state index in [2.05, 4.69) is 25.0 Å². The van der Waals surface area contributed by atoms with Crippen LogP contribution in [0.15, 0.2) is 17.1 Å². The lowest BCUT2D eigenvalue weighted by molar-refractivity contribution is -0.0187. The van der Waals surface area contributed by atoms with E-state index in [0.29, 0.717) is 11.2 Å². The largest absolute Gasteiger partial charge is 0.479 e. The molecular weight excluding hydrogens is 391 g/mol. The van der Waals surface area contributed by atoms with Crippen molar-refractivity contribution in [3.05, 3.63) is 22.5 Å². The zero-order valence-electron chi connectivity index (χ0n) is 15.2. The molecule has 0 radical (unpaired) electrons. The fraction of sp³-hybridized carbons (Fsp3) is 0.500. The molecular formula is C14H17N8O5P. The van der Waals surface area contributed by atoms with Crippen molar-refractivity contribution in [1.82, 2.24) is 19.5 Å². The monoisotopic (exact) mass is 408 g/mol. The van der Waals surface area contributed by atoms with Crippen LogP contribution in [-0.2, 0) is 18.3 Å². The summed E-state index contributed by atoms with van der Waals surface area (Å²) in [4.78, 5) is 15.4. The Morgan fingerprint density at radius 3 is 3.00 bits per heavy atom. The highest BCUT2D eigenvalue weighted by Gasteiger charge is 2.45. The minimum Gasteiger partial charge on any atom is -0.479 e. The lowest BCUT2D eigenvalue weighted by Crippen LogP contribution is -2.34. The third-order valence-corrected chi connectivity index (χ3v) is 5.23. The summed E-state index contributed by atoms with van der Waals surface area (Å²) in [6.45, 7) is 3.96. The molecule has 2 aromatic rings. The Hall–Kier alpha value is -2.69. The number of azide groups is 1. The maximum Gasteiger partial charge on any atom is 0.333 e. The Bertz CT molecular complexity index is 988. The van der Waals surface area contributed by atoms with Gasteiger partial charge in [0.05, 0.1) is 19.8 Å². The molecule has 1 saturated heterocycles. The maximum absolute atomic E-state index is 9.05. The van der Waals surface area contributed by atoms with Gasteiger partial charge < -0.3 is 24.3 Å². The standard InChI is InChI=1S/C14H17N8O5P/c1-6(2)26-28-24-4-7-10(27-28)8(20-21-16)13(25-7)22-5-17-9-11(22)18-14(15)19-12(9)23-3/h5-7,10H,4H2,1-3H3,(H2,15,18,19)/t7-,10-,28?/m1/s1. The molecule has 0 spiro atoms. The first-order valence-electron chi connectivity index (χ1n) is 8.29. The minimum absolute atomic E-state index is 0.000820. The van der Waals surface area contributed by atoms with Crippen LogP contribution >= 0.6 is 8.60 Å². The average molecular weight is 408 g/mol. The molecule has 0 amide bonds. The van der Waals surface area contributed by atoms with Gasteiger partial charge in [0.25, 0.3) is 0 Å². The summed E-state index contributed by atoms with van der Waals surface area (Å²) < 4.78 is 29.7. The number of anilines is 1. The Morgan fingerprint density at radius 1 is 1.46 bits per heavy atom. The summed E-state index contributed by atoms with van der Waals surface area (Å²) in [7, 11) is -0.140. The fourth-order valence-electron chi connectivity index (χ4n) is 2.80. The fourth-order valence-corrected chi connectivity index (χ4v) is 4.00. The Labute approximate surface area is 160 Å². The zero-order valence-corrected chi connectivity index (χ0v) is 16.1. The number of nitrogens with two attached hydrogens (primary N) is 1. The first-order chi connectivity index (χ1) is 13.5. The van der Waals surface area contributed by atoms with Gasteiger partial charge in [0.2, 0.25) is 17.7 Å². The molecule has 0 aliphatic carbocycles.